The van der Waals surface area contributed by atoms with Gasteiger partial charge >= 0.3 is 0 Å². The van der Waals surface area contributed by atoms with Gasteiger partial charge in [-0.05, 0) is 81.8 Å². The van der Waals surface area contributed by atoms with Gasteiger partial charge in [-0.3, -0.25) is 4.79 Å². The summed E-state index contributed by atoms with van der Waals surface area (Å²) in [6.45, 7) is 7.95. The lowest BCUT2D eigenvalue weighted by atomic mass is 9.73. The van der Waals surface area contributed by atoms with E-state index in [2.05, 4.69) is 16.1 Å². The third-order valence-corrected chi connectivity index (χ3v) is 7.21. The number of carbonyl (C=O) groups excluding carboxylic acids is 1. The number of piperidine rings is 1. The molecule has 0 saturated carbocycles. The van der Waals surface area contributed by atoms with Crippen LogP contribution in [0, 0.1) is 5.41 Å². The van der Waals surface area contributed by atoms with Gasteiger partial charge < -0.3 is 10.2 Å². The highest BCUT2D eigenvalue weighted by atomic mass is 32.2. The minimum Gasteiger partial charge on any atom is -0.345 e. The number of benzene rings is 1. The monoisotopic (exact) mass is 377 g/mol. The van der Waals surface area contributed by atoms with Gasteiger partial charge in [-0.25, -0.2) is 8.93 Å². The average Bonchev–Trinajstić information content (AvgIpc) is 2.86. The molecule has 0 aromatic heterocycles. The van der Waals surface area contributed by atoms with Gasteiger partial charge in [0, 0.05) is 19.7 Å². The van der Waals surface area contributed by atoms with Gasteiger partial charge in [0.1, 0.15) is 0 Å². The molecule has 6 heteroatoms. The lowest BCUT2D eigenvalue weighted by Gasteiger charge is -2.40. The number of nitrogens with zero attached hydrogens (tertiary/aromatic N) is 1. The number of nitrogens with one attached hydrogen (secondary N) is 2. The van der Waals surface area contributed by atoms with E-state index < -0.39 is 11.0 Å². The minimum atomic E-state index is -1.15. The van der Waals surface area contributed by atoms with Crippen LogP contribution in [0.15, 0.2) is 18.2 Å². The summed E-state index contributed by atoms with van der Waals surface area (Å²) in [5.74, 6) is 0.00903. The Hall–Kier alpha value is -1.24. The Morgan fingerprint density at radius 2 is 1.92 bits per heavy atom. The molecule has 1 fully saturated rings. The molecule has 0 radical (unpaired) electrons. The van der Waals surface area contributed by atoms with Gasteiger partial charge in [0.15, 0.2) is 0 Å². The zero-order valence-corrected chi connectivity index (χ0v) is 17.3. The summed E-state index contributed by atoms with van der Waals surface area (Å²) in [6.07, 6.45) is 3.09. The number of hydrogen-bond donors (Lipinski definition) is 2. The van der Waals surface area contributed by atoms with Gasteiger partial charge in [-0.2, -0.15) is 0 Å². The molecule has 1 aromatic rings. The van der Waals surface area contributed by atoms with Crippen molar-refractivity contribution in [2.45, 2.75) is 50.8 Å². The molecule has 1 aliphatic carbocycles. The standard InChI is InChI=1S/C20H31N3O2S/c1-19(2,3)26(25)22-17-16-12-14(18(24)23(4)5)6-7-15(16)13-20(17)8-10-21-11-9-20/h6-7,12,17,21-22H,8-11,13H2,1-5H3/t17-,26-/m1/s1. The Bertz CT molecular complexity index is 718. The van der Waals surface area contributed by atoms with Crippen LogP contribution in [-0.4, -0.2) is 46.9 Å². The highest BCUT2D eigenvalue weighted by Gasteiger charge is 2.47. The van der Waals surface area contributed by atoms with Crippen molar-refractivity contribution in [1.82, 2.24) is 14.9 Å². The van der Waals surface area contributed by atoms with Crippen LogP contribution in [-0.2, 0) is 17.4 Å². The number of amides is 1. The van der Waals surface area contributed by atoms with E-state index in [1.165, 1.54) is 5.56 Å². The first kappa shape index (κ1) is 19.5. The fourth-order valence-corrected chi connectivity index (χ4v) is 5.03. The second kappa shape index (κ2) is 7.06. The Labute approximate surface area is 159 Å². The van der Waals surface area contributed by atoms with Crippen molar-refractivity contribution in [3.05, 3.63) is 34.9 Å². The topological polar surface area (TPSA) is 61.4 Å². The maximum atomic E-state index is 12.9. The molecule has 0 bridgehead atoms. The molecular weight excluding hydrogens is 346 g/mol. The van der Waals surface area contributed by atoms with Crippen LogP contribution in [0.4, 0.5) is 0 Å². The molecule has 1 aliphatic heterocycles. The van der Waals surface area contributed by atoms with Crippen LogP contribution >= 0.6 is 0 Å². The highest BCUT2D eigenvalue weighted by molar-refractivity contribution is 7.84. The molecule has 0 unspecified atom stereocenters. The lowest BCUT2D eigenvalue weighted by molar-refractivity contribution is 0.0827. The predicted molar refractivity (Wildman–Crippen MR) is 106 cm³/mol. The quantitative estimate of drug-likeness (QED) is 0.850. The van der Waals surface area contributed by atoms with E-state index in [0.29, 0.717) is 5.56 Å². The Morgan fingerprint density at radius 3 is 2.50 bits per heavy atom. The molecule has 3 rings (SSSR count). The first-order valence-electron chi connectivity index (χ1n) is 9.37. The van der Waals surface area contributed by atoms with Crippen molar-refractivity contribution in [1.29, 1.82) is 0 Å². The molecule has 1 heterocycles. The first-order valence-corrected chi connectivity index (χ1v) is 10.5. The van der Waals surface area contributed by atoms with Crippen LogP contribution in [0.1, 0.15) is 61.1 Å². The summed E-state index contributed by atoms with van der Waals surface area (Å²) in [4.78, 5) is 14.0. The third-order valence-electron chi connectivity index (χ3n) is 5.65. The van der Waals surface area contributed by atoms with Gasteiger partial charge in [-0.15, -0.1) is 0 Å². The van der Waals surface area contributed by atoms with Crippen molar-refractivity contribution >= 4 is 16.9 Å². The molecular formula is C20H31N3O2S. The summed E-state index contributed by atoms with van der Waals surface area (Å²) >= 11 is 0. The molecule has 2 N–H and O–H groups in total. The van der Waals surface area contributed by atoms with Crippen molar-refractivity contribution < 1.29 is 9.00 Å². The molecule has 5 nitrogen and oxygen atoms in total. The molecule has 26 heavy (non-hydrogen) atoms. The Balaban J connectivity index is 2.00. The summed E-state index contributed by atoms with van der Waals surface area (Å²) < 4.78 is 16.0. The first-order chi connectivity index (χ1) is 12.1. The zero-order valence-electron chi connectivity index (χ0n) is 16.5. The van der Waals surface area contributed by atoms with Crippen LogP contribution < -0.4 is 10.0 Å². The lowest BCUT2D eigenvalue weighted by Crippen LogP contribution is -2.46. The Kier molecular flexibility index (Phi) is 5.30. The van der Waals surface area contributed by atoms with Gasteiger partial charge in [-0.1, -0.05) is 6.07 Å². The second-order valence-corrected chi connectivity index (χ2v) is 10.8. The second-order valence-electron chi connectivity index (χ2n) is 8.83. The third kappa shape index (κ3) is 3.59. The van der Waals surface area contributed by atoms with E-state index in [1.54, 1.807) is 19.0 Å². The van der Waals surface area contributed by atoms with Crippen LogP contribution in [0.5, 0.6) is 0 Å². The Morgan fingerprint density at radius 1 is 1.27 bits per heavy atom. The predicted octanol–water partition coefficient (Wildman–Crippen LogP) is 2.41. The number of carbonyl (C=O) groups is 1. The molecule has 2 atom stereocenters. The summed E-state index contributed by atoms with van der Waals surface area (Å²) in [5.41, 5.74) is 3.21. The summed E-state index contributed by atoms with van der Waals surface area (Å²) in [7, 11) is 2.39. The van der Waals surface area contributed by atoms with E-state index in [9.17, 15) is 9.00 Å². The smallest absolute Gasteiger partial charge is 0.253 e. The molecule has 1 aromatic carbocycles. The average molecular weight is 378 g/mol. The number of fused-ring (bicyclic) bond motifs is 1. The normalized spacial score (nSPS) is 22.9. The fourth-order valence-electron chi connectivity index (χ4n) is 4.09. The van der Waals surface area contributed by atoms with Crippen molar-refractivity contribution in [3.63, 3.8) is 0 Å². The molecule has 1 saturated heterocycles. The maximum absolute atomic E-state index is 12.9. The molecule has 144 valence electrons. The van der Waals surface area contributed by atoms with Crippen LogP contribution in [0.2, 0.25) is 0 Å². The van der Waals surface area contributed by atoms with Crippen LogP contribution in [0.25, 0.3) is 0 Å². The largest absolute Gasteiger partial charge is 0.345 e. The molecule has 1 amide bonds. The van der Waals surface area contributed by atoms with E-state index in [1.807, 2.05) is 32.9 Å². The number of hydrogen-bond acceptors (Lipinski definition) is 3. The molecule has 1 spiro atoms. The minimum absolute atomic E-state index is 0.00903. The van der Waals surface area contributed by atoms with Gasteiger partial charge in [0.05, 0.1) is 21.8 Å². The van der Waals surface area contributed by atoms with E-state index in [-0.39, 0.29) is 22.1 Å². The SMILES string of the molecule is CN(C)C(=O)c1ccc2c(c1)[C@@H](N[S@](=O)C(C)(C)C)C1(CCNCC1)C2. The fraction of sp³-hybridized carbons (Fsp3) is 0.650. The van der Waals surface area contributed by atoms with Gasteiger partial charge in [0.25, 0.3) is 5.91 Å². The summed E-state index contributed by atoms with van der Waals surface area (Å²) in [5, 5.41) is 3.45. The van der Waals surface area contributed by atoms with Crippen LogP contribution in [0.3, 0.4) is 0 Å². The highest BCUT2D eigenvalue weighted by Crippen LogP contribution is 2.51. The molecule has 2 aliphatic rings. The zero-order chi connectivity index (χ0) is 19.1. The summed E-state index contributed by atoms with van der Waals surface area (Å²) in [6, 6.07) is 6.07. The van der Waals surface area contributed by atoms with E-state index in [0.717, 1.165) is 37.9 Å². The maximum Gasteiger partial charge on any atom is 0.253 e. The van der Waals surface area contributed by atoms with Crippen molar-refractivity contribution in [3.8, 4) is 0 Å². The van der Waals surface area contributed by atoms with E-state index >= 15 is 0 Å². The van der Waals surface area contributed by atoms with Gasteiger partial charge in [0.2, 0.25) is 0 Å². The van der Waals surface area contributed by atoms with Crippen molar-refractivity contribution in [2.24, 2.45) is 5.41 Å². The van der Waals surface area contributed by atoms with E-state index in [4.69, 9.17) is 0 Å². The number of rotatable bonds is 3. The van der Waals surface area contributed by atoms with Crippen molar-refractivity contribution in [2.75, 3.05) is 27.2 Å².